The summed E-state index contributed by atoms with van der Waals surface area (Å²) in [6, 6.07) is 28.3. The second-order valence-electron chi connectivity index (χ2n) is 7.88. The van der Waals surface area contributed by atoms with Gasteiger partial charge in [0.2, 0.25) is 0 Å². The van der Waals surface area contributed by atoms with Crippen molar-refractivity contribution in [3.05, 3.63) is 126 Å². The first-order valence-electron chi connectivity index (χ1n) is 10.8. The number of benzene rings is 3. The van der Waals surface area contributed by atoms with E-state index in [1.54, 1.807) is 60.7 Å². The average molecular weight is 472 g/mol. The summed E-state index contributed by atoms with van der Waals surface area (Å²) in [5.41, 5.74) is 2.66. The van der Waals surface area contributed by atoms with Crippen molar-refractivity contribution in [3.63, 3.8) is 0 Å². The van der Waals surface area contributed by atoms with Gasteiger partial charge in [-0.25, -0.2) is 8.42 Å². The Morgan fingerprint density at radius 1 is 0.765 bits per heavy atom. The van der Waals surface area contributed by atoms with Crippen LogP contribution in [-0.2, 0) is 23.1 Å². The summed E-state index contributed by atoms with van der Waals surface area (Å²) in [5.74, 6) is -0.261. The van der Waals surface area contributed by atoms with Crippen LogP contribution in [-0.4, -0.2) is 31.3 Å². The van der Waals surface area contributed by atoms with Gasteiger partial charge < -0.3 is 4.90 Å². The Bertz CT molecular complexity index is 1350. The van der Waals surface area contributed by atoms with Crippen LogP contribution >= 0.6 is 0 Å². The number of rotatable bonds is 8. The van der Waals surface area contributed by atoms with E-state index in [0.29, 0.717) is 17.8 Å². The van der Waals surface area contributed by atoms with Crippen LogP contribution in [0.5, 0.6) is 0 Å². The smallest absolute Gasteiger partial charge is 0.264 e. The van der Waals surface area contributed by atoms with Crippen molar-refractivity contribution in [2.75, 3.05) is 11.4 Å². The number of hydrogen-bond donors (Lipinski definition) is 0. The van der Waals surface area contributed by atoms with Crippen molar-refractivity contribution < 1.29 is 13.2 Å². The van der Waals surface area contributed by atoms with E-state index in [2.05, 4.69) is 4.98 Å². The molecule has 0 aliphatic heterocycles. The Kier molecular flexibility index (Phi) is 7.04. The maximum atomic E-state index is 13.8. The molecule has 0 bridgehead atoms. The molecule has 0 saturated heterocycles. The predicted octanol–water partition coefficient (Wildman–Crippen LogP) is 4.75. The summed E-state index contributed by atoms with van der Waals surface area (Å²) < 4.78 is 28.9. The highest BCUT2D eigenvalue weighted by Crippen LogP contribution is 2.26. The minimum atomic E-state index is -3.94. The van der Waals surface area contributed by atoms with E-state index in [0.717, 1.165) is 11.1 Å². The number of para-hydroxylation sites is 1. The third-order valence-corrected chi connectivity index (χ3v) is 7.17. The van der Waals surface area contributed by atoms with Gasteiger partial charge >= 0.3 is 0 Å². The van der Waals surface area contributed by atoms with E-state index in [-0.39, 0.29) is 17.3 Å². The molecule has 7 heteroatoms. The van der Waals surface area contributed by atoms with E-state index < -0.39 is 10.0 Å². The minimum Gasteiger partial charge on any atom is -0.337 e. The molecule has 172 valence electrons. The highest BCUT2D eigenvalue weighted by Gasteiger charge is 2.26. The van der Waals surface area contributed by atoms with E-state index in [1.165, 1.54) is 16.4 Å². The molecule has 0 unspecified atom stereocenters. The van der Waals surface area contributed by atoms with E-state index in [9.17, 15) is 13.2 Å². The zero-order valence-corrected chi connectivity index (χ0v) is 19.6. The van der Waals surface area contributed by atoms with Gasteiger partial charge in [0, 0.05) is 31.5 Å². The fourth-order valence-corrected chi connectivity index (χ4v) is 5.13. The van der Waals surface area contributed by atoms with Crippen molar-refractivity contribution in [2.45, 2.75) is 18.0 Å². The fraction of sp³-hybridized carbons (Fsp3) is 0.111. The van der Waals surface area contributed by atoms with Crippen LogP contribution in [0, 0.1) is 0 Å². The van der Waals surface area contributed by atoms with E-state index >= 15 is 0 Å². The first-order valence-corrected chi connectivity index (χ1v) is 12.3. The second kappa shape index (κ2) is 10.3. The van der Waals surface area contributed by atoms with Crippen molar-refractivity contribution >= 4 is 21.6 Å². The first kappa shape index (κ1) is 23.2. The topological polar surface area (TPSA) is 70.6 Å². The lowest BCUT2D eigenvalue weighted by molar-refractivity contribution is 0.0785. The Labute approximate surface area is 200 Å². The lowest BCUT2D eigenvalue weighted by Crippen LogP contribution is -2.31. The van der Waals surface area contributed by atoms with Gasteiger partial charge in [-0.1, -0.05) is 54.6 Å². The molecule has 0 fully saturated rings. The van der Waals surface area contributed by atoms with Crippen LogP contribution in [0.2, 0.25) is 0 Å². The molecule has 4 rings (SSSR count). The van der Waals surface area contributed by atoms with Crippen LogP contribution in [0.1, 0.15) is 21.5 Å². The number of carbonyl (C=O) groups is 1. The molecule has 1 aromatic heterocycles. The molecule has 34 heavy (non-hydrogen) atoms. The number of amides is 1. The zero-order valence-electron chi connectivity index (χ0n) is 18.8. The lowest BCUT2D eigenvalue weighted by atomic mass is 10.2. The molecular weight excluding hydrogens is 446 g/mol. The molecule has 1 heterocycles. The molecule has 0 atom stereocenters. The molecule has 3 aromatic carbocycles. The average Bonchev–Trinajstić information content (AvgIpc) is 2.88. The van der Waals surface area contributed by atoms with Crippen molar-refractivity contribution in [2.24, 2.45) is 0 Å². The number of nitrogens with zero attached hydrogens (tertiary/aromatic N) is 3. The van der Waals surface area contributed by atoms with Crippen LogP contribution < -0.4 is 4.31 Å². The number of anilines is 1. The normalized spacial score (nSPS) is 11.1. The van der Waals surface area contributed by atoms with Gasteiger partial charge in [-0.15, -0.1) is 0 Å². The molecule has 0 N–H and O–H groups in total. The number of carbonyl (C=O) groups excluding carboxylic acids is 1. The van der Waals surface area contributed by atoms with Gasteiger partial charge in [0.25, 0.3) is 15.9 Å². The van der Waals surface area contributed by atoms with Gasteiger partial charge in [0.1, 0.15) is 0 Å². The van der Waals surface area contributed by atoms with Crippen molar-refractivity contribution in [3.8, 4) is 0 Å². The van der Waals surface area contributed by atoms with Gasteiger partial charge in [-0.05, 0) is 53.6 Å². The fourth-order valence-electron chi connectivity index (χ4n) is 3.63. The van der Waals surface area contributed by atoms with Crippen LogP contribution in [0.25, 0.3) is 0 Å². The number of sulfonamides is 1. The predicted molar refractivity (Wildman–Crippen MR) is 133 cm³/mol. The highest BCUT2D eigenvalue weighted by molar-refractivity contribution is 7.92. The standard InChI is InChI=1S/C27H25N3O3S/c1-29(20-23-15-17-28-18-16-23)27(31)24-11-8-14-26(19-24)34(32,33)30(25-12-6-3-7-13-25)21-22-9-4-2-5-10-22/h2-19H,20-21H2,1H3. The lowest BCUT2D eigenvalue weighted by Gasteiger charge is -2.25. The van der Waals surface area contributed by atoms with Gasteiger partial charge in [0.05, 0.1) is 17.1 Å². The highest BCUT2D eigenvalue weighted by atomic mass is 32.2. The van der Waals surface area contributed by atoms with E-state index in [1.807, 2.05) is 48.5 Å². The maximum absolute atomic E-state index is 13.8. The molecular formula is C27H25N3O3S. The van der Waals surface area contributed by atoms with Gasteiger partial charge in [-0.2, -0.15) is 0 Å². The van der Waals surface area contributed by atoms with Crippen molar-refractivity contribution in [1.82, 2.24) is 9.88 Å². The van der Waals surface area contributed by atoms with E-state index in [4.69, 9.17) is 0 Å². The minimum absolute atomic E-state index is 0.0652. The second-order valence-corrected chi connectivity index (χ2v) is 9.74. The largest absolute Gasteiger partial charge is 0.337 e. The number of hydrogen-bond acceptors (Lipinski definition) is 4. The molecule has 0 spiro atoms. The summed E-state index contributed by atoms with van der Waals surface area (Å²) in [6.45, 7) is 0.565. The summed E-state index contributed by atoms with van der Waals surface area (Å²) >= 11 is 0. The summed E-state index contributed by atoms with van der Waals surface area (Å²) in [4.78, 5) is 18.7. The zero-order chi connectivity index (χ0) is 24.0. The molecule has 6 nitrogen and oxygen atoms in total. The quantitative estimate of drug-likeness (QED) is 0.372. The van der Waals surface area contributed by atoms with Crippen molar-refractivity contribution in [1.29, 1.82) is 0 Å². The third-order valence-electron chi connectivity index (χ3n) is 5.40. The number of aromatic nitrogens is 1. The maximum Gasteiger partial charge on any atom is 0.264 e. The molecule has 0 saturated carbocycles. The molecule has 4 aromatic rings. The third kappa shape index (κ3) is 5.32. The Balaban J connectivity index is 1.65. The summed E-state index contributed by atoms with van der Waals surface area (Å²) in [7, 11) is -2.25. The Morgan fingerprint density at radius 2 is 1.38 bits per heavy atom. The Hall–Kier alpha value is -3.97. The van der Waals surface area contributed by atoms with Gasteiger partial charge in [-0.3, -0.25) is 14.1 Å². The SMILES string of the molecule is CN(Cc1ccncc1)C(=O)c1cccc(S(=O)(=O)N(Cc2ccccc2)c2ccccc2)c1. The number of pyridine rings is 1. The van der Waals surface area contributed by atoms with Gasteiger partial charge in [0.15, 0.2) is 0 Å². The van der Waals surface area contributed by atoms with Crippen LogP contribution in [0.3, 0.4) is 0 Å². The summed E-state index contributed by atoms with van der Waals surface area (Å²) in [5, 5.41) is 0. The van der Waals surface area contributed by atoms with Crippen LogP contribution in [0.4, 0.5) is 5.69 Å². The molecule has 0 aliphatic rings. The monoisotopic (exact) mass is 471 g/mol. The molecule has 0 aliphatic carbocycles. The Morgan fingerprint density at radius 3 is 2.06 bits per heavy atom. The first-order chi connectivity index (χ1) is 16.4. The summed E-state index contributed by atoms with van der Waals surface area (Å²) in [6.07, 6.45) is 3.34. The molecule has 1 amide bonds. The molecule has 0 radical (unpaired) electrons. The van der Waals surface area contributed by atoms with Crippen LogP contribution in [0.15, 0.2) is 114 Å².